The van der Waals surface area contributed by atoms with Crippen LogP contribution in [0.1, 0.15) is 45.2 Å². The fourth-order valence-corrected chi connectivity index (χ4v) is 4.17. The third-order valence-corrected chi connectivity index (χ3v) is 5.50. The molecule has 2 aliphatic rings. The van der Waals surface area contributed by atoms with Crippen molar-refractivity contribution >= 4 is 11.8 Å². The molecular formula is C21H29N3O2. The highest BCUT2D eigenvalue weighted by Gasteiger charge is 2.42. The van der Waals surface area contributed by atoms with Gasteiger partial charge in [-0.1, -0.05) is 11.6 Å². The van der Waals surface area contributed by atoms with Gasteiger partial charge in [-0.05, 0) is 45.2 Å². The van der Waals surface area contributed by atoms with Gasteiger partial charge in [0.2, 0.25) is 11.8 Å². The maximum atomic E-state index is 12.5. The molecule has 2 saturated heterocycles. The molecule has 0 N–H and O–H groups in total. The van der Waals surface area contributed by atoms with Gasteiger partial charge in [-0.25, -0.2) is 0 Å². The van der Waals surface area contributed by atoms with E-state index in [0.29, 0.717) is 13.0 Å². The van der Waals surface area contributed by atoms with E-state index < -0.39 is 0 Å². The number of aromatic nitrogens is 1. The monoisotopic (exact) mass is 355 g/mol. The standard InChI is InChI=1S/C21H29N3O2/c1-17(2)14-20(26)23-12-5-9-21(15-23)10-7-19(25)24(16-21)13-8-18-6-3-4-11-22-18/h3-4,6,11,14H,5,7-10,12-13,15-16H2,1-2H3. The van der Waals surface area contributed by atoms with E-state index >= 15 is 0 Å². The third kappa shape index (κ3) is 4.51. The fourth-order valence-electron chi connectivity index (χ4n) is 4.17. The molecule has 0 bridgehead atoms. The van der Waals surface area contributed by atoms with Gasteiger partial charge in [-0.2, -0.15) is 0 Å². The lowest BCUT2D eigenvalue weighted by Gasteiger charge is -2.48. The molecule has 1 unspecified atom stereocenters. The Morgan fingerprint density at radius 2 is 2.12 bits per heavy atom. The van der Waals surface area contributed by atoms with Gasteiger partial charge in [0.25, 0.3) is 0 Å². The van der Waals surface area contributed by atoms with Crippen molar-refractivity contribution in [1.29, 1.82) is 0 Å². The topological polar surface area (TPSA) is 53.5 Å². The highest BCUT2D eigenvalue weighted by molar-refractivity contribution is 5.88. The van der Waals surface area contributed by atoms with Gasteiger partial charge >= 0.3 is 0 Å². The molecule has 0 saturated carbocycles. The molecule has 1 aromatic rings. The zero-order chi connectivity index (χ0) is 18.6. The number of rotatable bonds is 4. The Balaban J connectivity index is 1.65. The number of carbonyl (C=O) groups is 2. The largest absolute Gasteiger partial charge is 0.342 e. The number of nitrogens with zero attached hydrogens (tertiary/aromatic N) is 3. The predicted molar refractivity (Wildman–Crippen MR) is 101 cm³/mol. The molecule has 0 radical (unpaired) electrons. The number of hydrogen-bond acceptors (Lipinski definition) is 3. The van der Waals surface area contributed by atoms with E-state index in [1.54, 1.807) is 12.3 Å². The lowest BCUT2D eigenvalue weighted by molar-refractivity contribution is -0.141. The van der Waals surface area contributed by atoms with Crippen molar-refractivity contribution in [1.82, 2.24) is 14.8 Å². The van der Waals surface area contributed by atoms with E-state index in [1.165, 1.54) is 0 Å². The Kier molecular flexibility index (Phi) is 5.74. The number of pyridine rings is 1. The second-order valence-corrected chi connectivity index (χ2v) is 7.97. The molecule has 0 aliphatic carbocycles. The molecule has 26 heavy (non-hydrogen) atoms. The Hall–Kier alpha value is -2.17. The van der Waals surface area contributed by atoms with E-state index in [2.05, 4.69) is 4.98 Å². The molecule has 5 nitrogen and oxygen atoms in total. The van der Waals surface area contributed by atoms with Crippen molar-refractivity contribution in [3.63, 3.8) is 0 Å². The Labute approximate surface area is 156 Å². The second kappa shape index (κ2) is 8.02. The van der Waals surface area contributed by atoms with E-state index in [4.69, 9.17) is 0 Å². The molecule has 5 heteroatoms. The molecule has 2 aliphatic heterocycles. The summed E-state index contributed by atoms with van der Waals surface area (Å²) in [4.78, 5) is 33.2. The smallest absolute Gasteiger partial charge is 0.246 e. The van der Waals surface area contributed by atoms with Crippen LogP contribution in [-0.4, -0.2) is 52.8 Å². The molecule has 1 atom stereocenters. The molecule has 0 aromatic carbocycles. The van der Waals surface area contributed by atoms with Crippen molar-refractivity contribution in [2.24, 2.45) is 5.41 Å². The van der Waals surface area contributed by atoms with Crippen LogP contribution in [0.5, 0.6) is 0 Å². The molecule has 1 aromatic heterocycles. The van der Waals surface area contributed by atoms with E-state index in [0.717, 1.165) is 56.6 Å². The lowest BCUT2D eigenvalue weighted by Crippen LogP contribution is -2.55. The first kappa shape index (κ1) is 18.6. The molecule has 2 amide bonds. The normalized spacial score (nSPS) is 23.2. The summed E-state index contributed by atoms with van der Waals surface area (Å²) in [6, 6.07) is 5.89. The van der Waals surface area contributed by atoms with Gasteiger partial charge in [-0.3, -0.25) is 14.6 Å². The van der Waals surface area contributed by atoms with Crippen LogP contribution in [0.15, 0.2) is 36.0 Å². The summed E-state index contributed by atoms with van der Waals surface area (Å²) < 4.78 is 0. The highest BCUT2D eigenvalue weighted by atomic mass is 16.2. The van der Waals surface area contributed by atoms with Gasteiger partial charge in [0.1, 0.15) is 0 Å². The summed E-state index contributed by atoms with van der Waals surface area (Å²) in [6.45, 7) is 6.97. The predicted octanol–water partition coefficient (Wildman–Crippen LogP) is 2.82. The molecule has 3 rings (SSSR count). The van der Waals surface area contributed by atoms with Gasteiger partial charge in [-0.15, -0.1) is 0 Å². The summed E-state index contributed by atoms with van der Waals surface area (Å²) in [7, 11) is 0. The van der Waals surface area contributed by atoms with E-state index in [9.17, 15) is 9.59 Å². The molecule has 140 valence electrons. The number of piperidine rings is 2. The molecule has 1 spiro atoms. The quantitative estimate of drug-likeness (QED) is 0.781. The summed E-state index contributed by atoms with van der Waals surface area (Å²) >= 11 is 0. The van der Waals surface area contributed by atoms with Crippen LogP contribution in [0, 0.1) is 5.41 Å². The van der Waals surface area contributed by atoms with Crippen molar-refractivity contribution < 1.29 is 9.59 Å². The number of likely N-dealkylation sites (tertiary alicyclic amines) is 2. The SMILES string of the molecule is CC(C)=CC(=O)N1CCCC2(CCC(=O)N(CCc3ccccn3)C2)C1. The first-order valence-electron chi connectivity index (χ1n) is 9.59. The Bertz CT molecular complexity index is 682. The van der Waals surface area contributed by atoms with Crippen molar-refractivity contribution in [3.8, 4) is 0 Å². The maximum Gasteiger partial charge on any atom is 0.246 e. The Morgan fingerprint density at radius 1 is 1.27 bits per heavy atom. The molecular weight excluding hydrogens is 326 g/mol. The lowest BCUT2D eigenvalue weighted by atomic mass is 9.73. The van der Waals surface area contributed by atoms with Crippen LogP contribution >= 0.6 is 0 Å². The van der Waals surface area contributed by atoms with Crippen LogP contribution in [0.2, 0.25) is 0 Å². The molecule has 3 heterocycles. The average Bonchev–Trinajstić information content (AvgIpc) is 2.63. The second-order valence-electron chi connectivity index (χ2n) is 7.97. The van der Waals surface area contributed by atoms with E-state index in [-0.39, 0.29) is 17.2 Å². The number of allylic oxidation sites excluding steroid dienone is 1. The zero-order valence-electron chi connectivity index (χ0n) is 15.9. The minimum absolute atomic E-state index is 0.0570. The molecule has 2 fully saturated rings. The minimum Gasteiger partial charge on any atom is -0.342 e. The average molecular weight is 355 g/mol. The number of hydrogen-bond donors (Lipinski definition) is 0. The fraction of sp³-hybridized carbons (Fsp3) is 0.571. The highest BCUT2D eigenvalue weighted by Crippen LogP contribution is 2.39. The zero-order valence-corrected chi connectivity index (χ0v) is 15.9. The van der Waals surface area contributed by atoms with Gasteiger partial charge < -0.3 is 9.80 Å². The van der Waals surface area contributed by atoms with Crippen LogP contribution < -0.4 is 0 Å². The summed E-state index contributed by atoms with van der Waals surface area (Å²) in [5, 5.41) is 0. The van der Waals surface area contributed by atoms with Crippen molar-refractivity contribution in [2.45, 2.75) is 46.0 Å². The Morgan fingerprint density at radius 3 is 2.85 bits per heavy atom. The summed E-state index contributed by atoms with van der Waals surface area (Å²) in [5.41, 5.74) is 2.11. The third-order valence-electron chi connectivity index (χ3n) is 5.50. The van der Waals surface area contributed by atoms with Crippen molar-refractivity contribution in [3.05, 3.63) is 41.7 Å². The van der Waals surface area contributed by atoms with Crippen molar-refractivity contribution in [2.75, 3.05) is 26.2 Å². The number of amides is 2. The van der Waals surface area contributed by atoms with Gasteiger partial charge in [0.05, 0.1) is 0 Å². The van der Waals surface area contributed by atoms with Crippen LogP contribution in [0.3, 0.4) is 0 Å². The summed E-state index contributed by atoms with van der Waals surface area (Å²) in [5.74, 6) is 0.348. The van der Waals surface area contributed by atoms with Crippen LogP contribution in [0.25, 0.3) is 0 Å². The summed E-state index contributed by atoms with van der Waals surface area (Å²) in [6.07, 6.45) is 7.90. The van der Waals surface area contributed by atoms with Gasteiger partial charge in [0.15, 0.2) is 0 Å². The minimum atomic E-state index is 0.0570. The first-order chi connectivity index (χ1) is 12.5. The number of carbonyl (C=O) groups excluding carboxylic acids is 2. The van der Waals surface area contributed by atoms with Crippen LogP contribution in [-0.2, 0) is 16.0 Å². The van der Waals surface area contributed by atoms with Gasteiger partial charge in [0, 0.05) is 62.4 Å². The maximum absolute atomic E-state index is 12.5. The van der Waals surface area contributed by atoms with Crippen LogP contribution in [0.4, 0.5) is 0 Å². The first-order valence-corrected chi connectivity index (χ1v) is 9.59. The van der Waals surface area contributed by atoms with E-state index in [1.807, 2.05) is 41.8 Å².